The topological polar surface area (TPSA) is 18.5 Å². The summed E-state index contributed by atoms with van der Waals surface area (Å²) in [5, 5.41) is 0. The highest BCUT2D eigenvalue weighted by molar-refractivity contribution is 5.16. The third kappa shape index (κ3) is 1.85. The molecule has 1 saturated heterocycles. The van der Waals surface area contributed by atoms with Crippen LogP contribution in [0.3, 0.4) is 0 Å². The Balaban J connectivity index is 2.11. The number of ether oxygens (including phenoxy) is 2. The molecule has 0 N–H and O–H groups in total. The summed E-state index contributed by atoms with van der Waals surface area (Å²) < 4.78 is 11.8. The minimum Gasteiger partial charge on any atom is -0.375 e. The van der Waals surface area contributed by atoms with E-state index in [1.54, 1.807) is 0 Å². The largest absolute Gasteiger partial charge is 0.375 e. The zero-order valence-corrected chi connectivity index (χ0v) is 10.4. The third-order valence-electron chi connectivity index (χ3n) is 4.08. The molecule has 1 unspecified atom stereocenters. The van der Waals surface area contributed by atoms with E-state index < -0.39 is 0 Å². The van der Waals surface area contributed by atoms with Gasteiger partial charge in [-0.15, -0.1) is 0 Å². The molecule has 0 radical (unpaired) electrons. The average molecular weight is 210 g/mol. The van der Waals surface area contributed by atoms with Crippen molar-refractivity contribution in [2.75, 3.05) is 6.61 Å². The van der Waals surface area contributed by atoms with Crippen molar-refractivity contribution in [1.82, 2.24) is 0 Å². The first-order chi connectivity index (χ1) is 6.92. The van der Waals surface area contributed by atoms with E-state index in [2.05, 4.69) is 40.7 Å². The van der Waals surface area contributed by atoms with Crippen LogP contribution < -0.4 is 0 Å². The lowest BCUT2D eigenvalue weighted by Gasteiger charge is -2.28. The molecular weight excluding hydrogens is 188 g/mol. The van der Waals surface area contributed by atoms with Gasteiger partial charge in [0.1, 0.15) is 0 Å². The second-order valence-corrected chi connectivity index (χ2v) is 5.54. The molecule has 2 nitrogen and oxygen atoms in total. The molecular formula is C13H22O2. The molecule has 2 heteroatoms. The van der Waals surface area contributed by atoms with Crippen molar-refractivity contribution in [3.63, 3.8) is 0 Å². The average Bonchev–Trinajstić information content (AvgIpc) is 2.56. The monoisotopic (exact) mass is 210 g/mol. The lowest BCUT2D eigenvalue weighted by atomic mass is 9.80. The molecule has 2 heterocycles. The van der Waals surface area contributed by atoms with Gasteiger partial charge < -0.3 is 9.47 Å². The summed E-state index contributed by atoms with van der Waals surface area (Å²) in [7, 11) is 0. The summed E-state index contributed by atoms with van der Waals surface area (Å²) in [6.45, 7) is 11.7. The van der Waals surface area contributed by atoms with Crippen molar-refractivity contribution in [1.29, 1.82) is 0 Å². The highest BCUT2D eigenvalue weighted by Crippen LogP contribution is 2.41. The quantitative estimate of drug-likeness (QED) is 0.620. The standard InChI is InChI=1S/C13H22O2/c1-8-6-9(2)15-12(8)11-7-14-13(4,5)10(11)3/h6,9-12H,7H2,1-5H3/t9?,10-,11-,12+/m1/s1. The first kappa shape index (κ1) is 11.2. The van der Waals surface area contributed by atoms with Gasteiger partial charge in [-0.1, -0.05) is 13.0 Å². The molecule has 0 saturated carbocycles. The number of hydrogen-bond acceptors (Lipinski definition) is 2. The molecule has 0 bridgehead atoms. The zero-order valence-electron chi connectivity index (χ0n) is 10.4. The van der Waals surface area contributed by atoms with Gasteiger partial charge in [0.05, 0.1) is 24.4 Å². The van der Waals surface area contributed by atoms with E-state index in [0.29, 0.717) is 11.8 Å². The van der Waals surface area contributed by atoms with Gasteiger partial charge in [-0.3, -0.25) is 0 Å². The summed E-state index contributed by atoms with van der Waals surface area (Å²) >= 11 is 0. The molecule has 0 amide bonds. The van der Waals surface area contributed by atoms with E-state index in [1.807, 2.05) is 0 Å². The van der Waals surface area contributed by atoms with Crippen LogP contribution in [0.15, 0.2) is 11.6 Å². The molecule has 86 valence electrons. The van der Waals surface area contributed by atoms with Crippen LogP contribution in [0.5, 0.6) is 0 Å². The Morgan fingerprint density at radius 1 is 1.33 bits per heavy atom. The highest BCUT2D eigenvalue weighted by Gasteiger charge is 2.45. The normalized spacial score (nSPS) is 44.5. The van der Waals surface area contributed by atoms with Gasteiger partial charge >= 0.3 is 0 Å². The molecule has 0 spiro atoms. The van der Waals surface area contributed by atoms with Gasteiger partial charge in [0.15, 0.2) is 0 Å². The van der Waals surface area contributed by atoms with Gasteiger partial charge in [-0.05, 0) is 39.2 Å². The Kier molecular flexibility index (Phi) is 2.68. The maximum atomic E-state index is 5.95. The van der Waals surface area contributed by atoms with E-state index in [4.69, 9.17) is 9.47 Å². The Labute approximate surface area is 92.6 Å². The zero-order chi connectivity index (χ0) is 11.2. The minimum atomic E-state index is 0.000134. The Morgan fingerprint density at radius 2 is 2.00 bits per heavy atom. The van der Waals surface area contributed by atoms with Crippen LogP contribution >= 0.6 is 0 Å². The lowest BCUT2D eigenvalue weighted by molar-refractivity contribution is 0.0136. The van der Waals surface area contributed by atoms with Crippen molar-refractivity contribution >= 4 is 0 Å². The van der Waals surface area contributed by atoms with Gasteiger partial charge in [0.25, 0.3) is 0 Å². The number of hydrogen-bond donors (Lipinski definition) is 0. The molecule has 1 fully saturated rings. The predicted molar refractivity (Wildman–Crippen MR) is 60.8 cm³/mol. The molecule has 2 aliphatic rings. The maximum absolute atomic E-state index is 5.95. The molecule has 2 rings (SSSR count). The summed E-state index contributed by atoms with van der Waals surface area (Å²) in [6.07, 6.45) is 2.77. The van der Waals surface area contributed by atoms with E-state index in [0.717, 1.165) is 6.61 Å². The third-order valence-corrected chi connectivity index (χ3v) is 4.08. The highest BCUT2D eigenvalue weighted by atomic mass is 16.5. The van der Waals surface area contributed by atoms with Gasteiger partial charge in [0, 0.05) is 5.92 Å². The molecule has 2 aliphatic heterocycles. The van der Waals surface area contributed by atoms with Crippen molar-refractivity contribution in [3.05, 3.63) is 11.6 Å². The van der Waals surface area contributed by atoms with Crippen LogP contribution in [0.4, 0.5) is 0 Å². The maximum Gasteiger partial charge on any atom is 0.0844 e. The lowest BCUT2D eigenvalue weighted by Crippen LogP contribution is -2.33. The van der Waals surface area contributed by atoms with Crippen molar-refractivity contribution in [2.24, 2.45) is 11.8 Å². The SMILES string of the molecule is CC1=CC(C)O[C@@H]1[C@@H]1COC(C)(C)[C@@H]1C. The van der Waals surface area contributed by atoms with Gasteiger partial charge in [-0.25, -0.2) is 0 Å². The fourth-order valence-corrected chi connectivity index (χ4v) is 2.73. The minimum absolute atomic E-state index is 0.000134. The Morgan fingerprint density at radius 3 is 2.40 bits per heavy atom. The smallest absolute Gasteiger partial charge is 0.0844 e. The van der Waals surface area contributed by atoms with Crippen LogP contribution in [0.2, 0.25) is 0 Å². The molecule has 4 atom stereocenters. The fourth-order valence-electron chi connectivity index (χ4n) is 2.73. The first-order valence-corrected chi connectivity index (χ1v) is 5.89. The second-order valence-electron chi connectivity index (χ2n) is 5.54. The van der Waals surface area contributed by atoms with Crippen molar-refractivity contribution < 1.29 is 9.47 Å². The fraction of sp³-hybridized carbons (Fsp3) is 0.846. The molecule has 0 aromatic heterocycles. The summed E-state index contributed by atoms with van der Waals surface area (Å²) in [4.78, 5) is 0. The molecule has 15 heavy (non-hydrogen) atoms. The van der Waals surface area contributed by atoms with E-state index in [-0.39, 0.29) is 17.8 Å². The van der Waals surface area contributed by atoms with Crippen molar-refractivity contribution in [3.8, 4) is 0 Å². The Bertz CT molecular complexity index is 280. The van der Waals surface area contributed by atoms with Crippen LogP contribution in [-0.2, 0) is 9.47 Å². The van der Waals surface area contributed by atoms with Gasteiger partial charge in [0.2, 0.25) is 0 Å². The van der Waals surface area contributed by atoms with Crippen LogP contribution in [0, 0.1) is 11.8 Å². The van der Waals surface area contributed by atoms with Crippen molar-refractivity contribution in [2.45, 2.75) is 52.4 Å². The van der Waals surface area contributed by atoms with Crippen LogP contribution in [0.1, 0.15) is 34.6 Å². The molecule has 0 aliphatic carbocycles. The summed E-state index contributed by atoms with van der Waals surface area (Å²) in [6, 6.07) is 0. The van der Waals surface area contributed by atoms with Crippen LogP contribution in [-0.4, -0.2) is 24.4 Å². The second kappa shape index (κ2) is 3.60. The van der Waals surface area contributed by atoms with E-state index in [1.165, 1.54) is 5.57 Å². The van der Waals surface area contributed by atoms with E-state index >= 15 is 0 Å². The Hall–Kier alpha value is -0.340. The number of rotatable bonds is 1. The summed E-state index contributed by atoms with van der Waals surface area (Å²) in [5.41, 5.74) is 1.38. The molecule has 0 aromatic carbocycles. The molecule has 0 aromatic rings. The van der Waals surface area contributed by atoms with Crippen LogP contribution in [0.25, 0.3) is 0 Å². The first-order valence-electron chi connectivity index (χ1n) is 5.89. The predicted octanol–water partition coefficient (Wildman–Crippen LogP) is 2.78. The van der Waals surface area contributed by atoms with E-state index in [9.17, 15) is 0 Å². The van der Waals surface area contributed by atoms with Gasteiger partial charge in [-0.2, -0.15) is 0 Å². The summed E-state index contributed by atoms with van der Waals surface area (Å²) in [5.74, 6) is 1.07.